The van der Waals surface area contributed by atoms with E-state index >= 15 is 0 Å². The highest BCUT2D eigenvalue weighted by molar-refractivity contribution is 5.88. The van der Waals surface area contributed by atoms with Gasteiger partial charge in [-0.1, -0.05) is 20.8 Å². The summed E-state index contributed by atoms with van der Waals surface area (Å²) in [5.74, 6) is -2.34. The van der Waals surface area contributed by atoms with Crippen molar-refractivity contribution < 1.29 is 29.2 Å². The standard InChI is InChI=1S/C18H25FO5/c1-17(2,3)18(4-5-18)13-6-12(16(22)23)14(19)7-15(13)24-10-11(8-20)9-21/h6-7,11,20-21H,4-5,8-10H2,1-3H3,(H,22,23). The maximum atomic E-state index is 14.1. The van der Waals surface area contributed by atoms with E-state index in [2.05, 4.69) is 20.8 Å². The number of hydrogen-bond acceptors (Lipinski definition) is 4. The Kier molecular flexibility index (Phi) is 5.20. The Hall–Kier alpha value is -1.66. The fraction of sp³-hybridized carbons (Fsp3) is 0.611. The molecule has 1 aliphatic carbocycles. The number of hydrogen-bond donors (Lipinski definition) is 3. The van der Waals surface area contributed by atoms with Crippen LogP contribution in [0.2, 0.25) is 0 Å². The van der Waals surface area contributed by atoms with Gasteiger partial charge >= 0.3 is 5.97 Å². The summed E-state index contributed by atoms with van der Waals surface area (Å²) in [6.07, 6.45) is 1.75. The van der Waals surface area contributed by atoms with Crippen LogP contribution < -0.4 is 4.74 Å². The van der Waals surface area contributed by atoms with Gasteiger partial charge in [0.2, 0.25) is 0 Å². The molecule has 0 bridgehead atoms. The quantitative estimate of drug-likeness (QED) is 0.710. The molecule has 134 valence electrons. The molecular formula is C18H25FO5. The SMILES string of the molecule is CC(C)(C)C1(c2cc(C(=O)O)c(F)cc2OCC(CO)CO)CC1. The Bertz CT molecular complexity index is 613. The second-order valence-corrected chi connectivity index (χ2v) is 7.51. The van der Waals surface area contributed by atoms with Gasteiger partial charge in [-0.25, -0.2) is 9.18 Å². The Labute approximate surface area is 141 Å². The summed E-state index contributed by atoms with van der Waals surface area (Å²) < 4.78 is 19.8. The lowest BCUT2D eigenvalue weighted by molar-refractivity contribution is 0.0691. The molecule has 0 radical (unpaired) electrons. The smallest absolute Gasteiger partial charge is 0.338 e. The van der Waals surface area contributed by atoms with Crippen molar-refractivity contribution >= 4 is 5.97 Å². The van der Waals surface area contributed by atoms with Crippen molar-refractivity contribution in [3.05, 3.63) is 29.1 Å². The molecule has 0 saturated heterocycles. The lowest BCUT2D eigenvalue weighted by Crippen LogP contribution is -2.28. The van der Waals surface area contributed by atoms with Crippen molar-refractivity contribution in [2.24, 2.45) is 11.3 Å². The van der Waals surface area contributed by atoms with E-state index in [1.165, 1.54) is 6.07 Å². The highest BCUT2D eigenvalue weighted by atomic mass is 19.1. The molecule has 0 spiro atoms. The number of aliphatic hydroxyl groups excluding tert-OH is 2. The average Bonchev–Trinajstić information content (AvgIpc) is 3.29. The maximum absolute atomic E-state index is 14.1. The van der Waals surface area contributed by atoms with Gasteiger partial charge in [0, 0.05) is 23.0 Å². The fourth-order valence-electron chi connectivity index (χ4n) is 3.13. The van der Waals surface area contributed by atoms with E-state index < -0.39 is 17.7 Å². The number of halogens is 1. The second kappa shape index (κ2) is 6.69. The van der Waals surface area contributed by atoms with E-state index in [-0.39, 0.29) is 42.0 Å². The van der Waals surface area contributed by atoms with Crippen molar-refractivity contribution in [3.63, 3.8) is 0 Å². The topological polar surface area (TPSA) is 87.0 Å². The molecule has 0 unspecified atom stereocenters. The molecule has 1 aromatic carbocycles. The van der Waals surface area contributed by atoms with Crippen LogP contribution in [0.1, 0.15) is 49.5 Å². The van der Waals surface area contributed by atoms with Crippen LogP contribution in [-0.2, 0) is 5.41 Å². The maximum Gasteiger partial charge on any atom is 0.338 e. The van der Waals surface area contributed by atoms with Gasteiger partial charge in [-0.05, 0) is 24.3 Å². The molecule has 1 aromatic rings. The van der Waals surface area contributed by atoms with Gasteiger partial charge in [0.15, 0.2) is 0 Å². The van der Waals surface area contributed by atoms with E-state index in [4.69, 9.17) is 14.9 Å². The van der Waals surface area contributed by atoms with E-state index in [0.717, 1.165) is 18.9 Å². The molecule has 0 aliphatic heterocycles. The van der Waals surface area contributed by atoms with E-state index in [0.29, 0.717) is 5.56 Å². The number of benzene rings is 1. The minimum absolute atomic E-state index is 0.0338. The van der Waals surface area contributed by atoms with Gasteiger partial charge in [-0.15, -0.1) is 0 Å². The van der Waals surface area contributed by atoms with Crippen molar-refractivity contribution in [2.75, 3.05) is 19.8 Å². The first-order valence-electron chi connectivity index (χ1n) is 8.08. The van der Waals surface area contributed by atoms with Gasteiger partial charge in [0.25, 0.3) is 0 Å². The van der Waals surface area contributed by atoms with E-state index in [1.54, 1.807) is 0 Å². The summed E-state index contributed by atoms with van der Waals surface area (Å²) in [5.41, 5.74) is -0.0718. The zero-order chi connectivity index (χ0) is 18.1. The zero-order valence-electron chi connectivity index (χ0n) is 14.3. The van der Waals surface area contributed by atoms with E-state index in [9.17, 15) is 14.3 Å². The molecule has 0 amide bonds. The highest BCUT2D eigenvalue weighted by Crippen LogP contribution is 2.61. The molecule has 24 heavy (non-hydrogen) atoms. The van der Waals surface area contributed by atoms with Gasteiger partial charge in [0.1, 0.15) is 11.6 Å². The average molecular weight is 340 g/mol. The lowest BCUT2D eigenvalue weighted by Gasteiger charge is -2.33. The third-order valence-corrected chi connectivity index (χ3v) is 4.99. The molecule has 0 aromatic heterocycles. The number of carboxylic acid groups (broad SMARTS) is 1. The molecule has 3 N–H and O–H groups in total. The minimum atomic E-state index is -1.31. The van der Waals surface area contributed by atoms with Crippen molar-refractivity contribution in [1.29, 1.82) is 0 Å². The summed E-state index contributed by atoms with van der Waals surface area (Å²) in [6.45, 7) is 5.75. The number of carboxylic acids is 1. The summed E-state index contributed by atoms with van der Waals surface area (Å²) in [4.78, 5) is 11.3. The zero-order valence-corrected chi connectivity index (χ0v) is 14.3. The molecule has 0 atom stereocenters. The van der Waals surface area contributed by atoms with Crippen LogP contribution in [0, 0.1) is 17.2 Å². The van der Waals surface area contributed by atoms with Crippen LogP contribution in [0.3, 0.4) is 0 Å². The molecule has 1 fully saturated rings. The summed E-state index contributed by atoms with van der Waals surface area (Å²) in [7, 11) is 0. The number of rotatable bonds is 7. The van der Waals surface area contributed by atoms with Crippen LogP contribution in [0.25, 0.3) is 0 Å². The molecule has 0 heterocycles. The fourth-order valence-corrected chi connectivity index (χ4v) is 3.13. The first kappa shape index (κ1) is 18.7. The van der Waals surface area contributed by atoms with Crippen molar-refractivity contribution in [3.8, 4) is 5.75 Å². The predicted octanol–water partition coefficient (Wildman–Crippen LogP) is 2.58. The number of ether oxygens (including phenoxy) is 1. The third-order valence-electron chi connectivity index (χ3n) is 4.99. The predicted molar refractivity (Wildman–Crippen MR) is 86.9 cm³/mol. The van der Waals surface area contributed by atoms with Crippen LogP contribution in [0.5, 0.6) is 5.75 Å². The lowest BCUT2D eigenvalue weighted by atomic mass is 9.72. The number of aromatic carboxylic acids is 1. The van der Waals surface area contributed by atoms with Gasteiger partial charge in [-0.2, -0.15) is 0 Å². The number of carbonyl (C=O) groups is 1. The molecule has 1 saturated carbocycles. The Morgan fingerprint density at radius 3 is 2.29 bits per heavy atom. The van der Waals surface area contributed by atoms with Gasteiger partial charge < -0.3 is 20.1 Å². The third kappa shape index (κ3) is 3.39. The Morgan fingerprint density at radius 2 is 1.88 bits per heavy atom. The molecule has 6 heteroatoms. The second-order valence-electron chi connectivity index (χ2n) is 7.51. The largest absolute Gasteiger partial charge is 0.493 e. The first-order chi connectivity index (χ1) is 11.2. The molecule has 2 rings (SSSR count). The van der Waals surface area contributed by atoms with Crippen LogP contribution in [0.15, 0.2) is 12.1 Å². The highest BCUT2D eigenvalue weighted by Gasteiger charge is 2.54. The molecule has 5 nitrogen and oxygen atoms in total. The normalized spacial score (nSPS) is 16.3. The van der Waals surface area contributed by atoms with E-state index in [1.807, 2.05) is 0 Å². The van der Waals surface area contributed by atoms with Crippen LogP contribution >= 0.6 is 0 Å². The summed E-state index contributed by atoms with van der Waals surface area (Å²) >= 11 is 0. The van der Waals surface area contributed by atoms with Gasteiger partial charge in [-0.3, -0.25) is 0 Å². The number of aliphatic hydroxyl groups is 2. The van der Waals surface area contributed by atoms with Crippen molar-refractivity contribution in [2.45, 2.75) is 39.0 Å². The Morgan fingerprint density at radius 1 is 1.29 bits per heavy atom. The monoisotopic (exact) mass is 340 g/mol. The van der Waals surface area contributed by atoms with Gasteiger partial charge in [0.05, 0.1) is 25.4 Å². The van der Waals surface area contributed by atoms with Crippen LogP contribution in [0.4, 0.5) is 4.39 Å². The first-order valence-corrected chi connectivity index (χ1v) is 8.08. The summed E-state index contributed by atoms with van der Waals surface area (Å²) in [5, 5.41) is 27.5. The summed E-state index contributed by atoms with van der Waals surface area (Å²) in [6, 6.07) is 2.48. The Balaban J connectivity index is 2.46. The molecule has 1 aliphatic rings. The minimum Gasteiger partial charge on any atom is -0.493 e. The molecular weight excluding hydrogens is 315 g/mol. The van der Waals surface area contributed by atoms with Crippen molar-refractivity contribution in [1.82, 2.24) is 0 Å². The van der Waals surface area contributed by atoms with Crippen LogP contribution in [-0.4, -0.2) is 41.1 Å².